The quantitative estimate of drug-likeness (QED) is 0.680. The molecule has 1 aromatic rings. The molecule has 5 nitrogen and oxygen atoms in total. The fourth-order valence-corrected chi connectivity index (χ4v) is 2.94. The van der Waals surface area contributed by atoms with Gasteiger partial charge in [-0.15, -0.1) is 11.3 Å². The molecule has 20 heavy (non-hydrogen) atoms. The second kappa shape index (κ2) is 9.05. The van der Waals surface area contributed by atoms with E-state index in [0.717, 1.165) is 35.1 Å². The number of carbonyl (C=O) groups excluding carboxylic acids is 1. The number of rotatable bonds is 9. The SMILES string of the molecule is COCCNCCNC(=O)c1sc(CC(C)C)nc1C. The van der Waals surface area contributed by atoms with Crippen LogP contribution in [0.5, 0.6) is 0 Å². The van der Waals surface area contributed by atoms with Gasteiger partial charge in [0.2, 0.25) is 0 Å². The number of carbonyl (C=O) groups is 1. The van der Waals surface area contributed by atoms with Crippen molar-refractivity contribution in [3.05, 3.63) is 15.6 Å². The van der Waals surface area contributed by atoms with Gasteiger partial charge in [0.05, 0.1) is 17.3 Å². The fourth-order valence-electron chi connectivity index (χ4n) is 1.74. The highest BCUT2D eigenvalue weighted by atomic mass is 32.1. The van der Waals surface area contributed by atoms with Crippen LogP contribution in [0.1, 0.15) is 34.2 Å². The van der Waals surface area contributed by atoms with E-state index in [1.54, 1.807) is 7.11 Å². The van der Waals surface area contributed by atoms with E-state index in [2.05, 4.69) is 29.5 Å². The van der Waals surface area contributed by atoms with Crippen LogP contribution < -0.4 is 10.6 Å². The van der Waals surface area contributed by atoms with Gasteiger partial charge in [-0.3, -0.25) is 4.79 Å². The van der Waals surface area contributed by atoms with E-state index < -0.39 is 0 Å². The molecule has 0 aromatic carbocycles. The first kappa shape index (κ1) is 17.1. The zero-order valence-corrected chi connectivity index (χ0v) is 13.6. The molecule has 0 bridgehead atoms. The molecular formula is C14H25N3O2S. The molecule has 0 aliphatic rings. The predicted octanol–water partition coefficient (Wildman–Crippen LogP) is 1.62. The van der Waals surface area contributed by atoms with Gasteiger partial charge >= 0.3 is 0 Å². The van der Waals surface area contributed by atoms with Crippen molar-refractivity contribution in [1.29, 1.82) is 0 Å². The summed E-state index contributed by atoms with van der Waals surface area (Å²) in [5.74, 6) is 0.532. The van der Waals surface area contributed by atoms with Gasteiger partial charge in [-0.1, -0.05) is 13.8 Å². The molecule has 0 saturated carbocycles. The Kier molecular flexibility index (Phi) is 7.72. The van der Waals surface area contributed by atoms with Crippen molar-refractivity contribution in [3.8, 4) is 0 Å². The third-order valence-corrected chi connectivity index (χ3v) is 3.88. The Morgan fingerprint density at radius 3 is 2.75 bits per heavy atom. The highest BCUT2D eigenvalue weighted by Gasteiger charge is 2.15. The van der Waals surface area contributed by atoms with Gasteiger partial charge in [0.15, 0.2) is 0 Å². The molecule has 1 amide bonds. The Bertz CT molecular complexity index is 419. The average molecular weight is 299 g/mol. The summed E-state index contributed by atoms with van der Waals surface area (Å²) in [5, 5.41) is 7.14. The van der Waals surface area contributed by atoms with Crippen molar-refractivity contribution in [2.24, 2.45) is 5.92 Å². The zero-order valence-electron chi connectivity index (χ0n) is 12.8. The lowest BCUT2D eigenvalue weighted by Crippen LogP contribution is -2.33. The number of aromatic nitrogens is 1. The first-order valence-electron chi connectivity index (χ1n) is 6.98. The highest BCUT2D eigenvalue weighted by Crippen LogP contribution is 2.20. The van der Waals surface area contributed by atoms with Crippen molar-refractivity contribution in [2.75, 3.05) is 33.4 Å². The van der Waals surface area contributed by atoms with Crippen molar-refractivity contribution in [2.45, 2.75) is 27.2 Å². The Morgan fingerprint density at radius 2 is 2.10 bits per heavy atom. The number of thiazole rings is 1. The number of amides is 1. The van der Waals surface area contributed by atoms with Crippen LogP contribution in [0.4, 0.5) is 0 Å². The van der Waals surface area contributed by atoms with Crippen molar-refractivity contribution in [1.82, 2.24) is 15.6 Å². The second-order valence-corrected chi connectivity index (χ2v) is 6.20. The third-order valence-electron chi connectivity index (χ3n) is 2.70. The number of nitrogens with zero attached hydrogens (tertiary/aromatic N) is 1. The fraction of sp³-hybridized carbons (Fsp3) is 0.714. The topological polar surface area (TPSA) is 63.2 Å². The molecule has 114 valence electrons. The summed E-state index contributed by atoms with van der Waals surface area (Å²) >= 11 is 1.50. The molecule has 0 fully saturated rings. The number of nitrogens with one attached hydrogen (secondary N) is 2. The van der Waals surface area contributed by atoms with Gasteiger partial charge in [-0.25, -0.2) is 4.98 Å². The minimum Gasteiger partial charge on any atom is -0.383 e. The minimum atomic E-state index is -0.0245. The van der Waals surface area contributed by atoms with E-state index >= 15 is 0 Å². The molecule has 0 aliphatic carbocycles. The second-order valence-electron chi connectivity index (χ2n) is 5.12. The standard InChI is InChI=1S/C14H25N3O2S/c1-10(2)9-12-17-11(3)13(20-12)14(18)16-6-5-15-7-8-19-4/h10,15H,5-9H2,1-4H3,(H,16,18). The first-order chi connectivity index (χ1) is 9.54. The smallest absolute Gasteiger partial charge is 0.263 e. The molecular weight excluding hydrogens is 274 g/mol. The molecule has 0 unspecified atom stereocenters. The van der Waals surface area contributed by atoms with E-state index in [0.29, 0.717) is 19.1 Å². The molecule has 0 saturated heterocycles. The Morgan fingerprint density at radius 1 is 1.35 bits per heavy atom. The van der Waals surface area contributed by atoms with Crippen LogP contribution in [0.3, 0.4) is 0 Å². The Balaban J connectivity index is 2.37. The van der Waals surface area contributed by atoms with Gasteiger partial charge < -0.3 is 15.4 Å². The average Bonchev–Trinajstić information content (AvgIpc) is 2.73. The van der Waals surface area contributed by atoms with Crippen molar-refractivity contribution >= 4 is 17.2 Å². The number of aryl methyl sites for hydroxylation is 1. The maximum absolute atomic E-state index is 12.1. The summed E-state index contributed by atoms with van der Waals surface area (Å²) in [6, 6.07) is 0. The molecule has 0 spiro atoms. The Labute approximate surface area is 125 Å². The lowest BCUT2D eigenvalue weighted by atomic mass is 10.1. The van der Waals surface area contributed by atoms with E-state index in [-0.39, 0.29) is 5.91 Å². The van der Waals surface area contributed by atoms with Crippen LogP contribution in [0, 0.1) is 12.8 Å². The van der Waals surface area contributed by atoms with Gasteiger partial charge in [-0.05, 0) is 12.8 Å². The van der Waals surface area contributed by atoms with Crippen LogP contribution >= 0.6 is 11.3 Å². The van der Waals surface area contributed by atoms with Crippen LogP contribution in [0.25, 0.3) is 0 Å². The molecule has 6 heteroatoms. The molecule has 2 N–H and O–H groups in total. The van der Waals surface area contributed by atoms with Gasteiger partial charge in [0.25, 0.3) is 5.91 Å². The lowest BCUT2D eigenvalue weighted by molar-refractivity contribution is 0.0957. The summed E-state index contributed by atoms with van der Waals surface area (Å²) in [7, 11) is 1.67. The minimum absolute atomic E-state index is 0.0245. The monoisotopic (exact) mass is 299 g/mol. The third kappa shape index (κ3) is 5.98. The maximum atomic E-state index is 12.1. The van der Waals surface area contributed by atoms with Crippen LogP contribution in [-0.4, -0.2) is 44.2 Å². The van der Waals surface area contributed by atoms with Gasteiger partial charge in [0, 0.05) is 33.2 Å². The summed E-state index contributed by atoms with van der Waals surface area (Å²) in [5.41, 5.74) is 0.829. The van der Waals surface area contributed by atoms with E-state index in [9.17, 15) is 4.79 Å². The first-order valence-corrected chi connectivity index (χ1v) is 7.80. The molecule has 0 aliphatic heterocycles. The zero-order chi connectivity index (χ0) is 15.0. The lowest BCUT2D eigenvalue weighted by Gasteiger charge is -2.05. The molecule has 1 rings (SSSR count). The van der Waals surface area contributed by atoms with Crippen molar-refractivity contribution in [3.63, 3.8) is 0 Å². The normalized spacial score (nSPS) is 11.1. The largest absolute Gasteiger partial charge is 0.383 e. The molecule has 1 heterocycles. The van der Waals surface area contributed by atoms with Gasteiger partial charge in [-0.2, -0.15) is 0 Å². The van der Waals surface area contributed by atoms with E-state index in [1.165, 1.54) is 11.3 Å². The van der Waals surface area contributed by atoms with Crippen LogP contribution in [0.2, 0.25) is 0 Å². The van der Waals surface area contributed by atoms with Crippen molar-refractivity contribution < 1.29 is 9.53 Å². The van der Waals surface area contributed by atoms with E-state index in [4.69, 9.17) is 4.74 Å². The van der Waals surface area contributed by atoms with E-state index in [1.807, 2.05) is 6.92 Å². The molecule has 0 atom stereocenters. The summed E-state index contributed by atoms with van der Waals surface area (Å²) in [6.07, 6.45) is 0.928. The number of methoxy groups -OCH3 is 1. The number of hydrogen-bond donors (Lipinski definition) is 2. The Hall–Kier alpha value is -0.980. The summed E-state index contributed by atoms with van der Waals surface area (Å²) < 4.78 is 4.93. The van der Waals surface area contributed by atoms with Crippen LogP contribution in [0.15, 0.2) is 0 Å². The molecule has 1 aromatic heterocycles. The highest BCUT2D eigenvalue weighted by molar-refractivity contribution is 7.13. The summed E-state index contributed by atoms with van der Waals surface area (Å²) in [6.45, 7) is 9.03. The molecule has 0 radical (unpaired) electrons. The van der Waals surface area contributed by atoms with Gasteiger partial charge in [0.1, 0.15) is 4.88 Å². The number of hydrogen-bond acceptors (Lipinski definition) is 5. The maximum Gasteiger partial charge on any atom is 0.263 e. The number of ether oxygens (including phenoxy) is 1. The van der Waals surface area contributed by atoms with Crippen LogP contribution in [-0.2, 0) is 11.2 Å². The summed E-state index contributed by atoms with van der Waals surface area (Å²) in [4.78, 5) is 17.3. The predicted molar refractivity (Wildman–Crippen MR) is 82.5 cm³/mol.